The van der Waals surface area contributed by atoms with Crippen LogP contribution in [0.15, 0.2) is 12.4 Å². The number of anilines is 2. The second-order valence-electron chi connectivity index (χ2n) is 1.67. The van der Waals surface area contributed by atoms with E-state index in [-0.39, 0.29) is 0 Å². The molecule has 0 aliphatic carbocycles. The van der Waals surface area contributed by atoms with Gasteiger partial charge in [0.05, 0.1) is 5.69 Å². The van der Waals surface area contributed by atoms with Gasteiger partial charge < -0.3 is 11.5 Å². The Morgan fingerprint density at radius 2 is 2.00 bits per heavy atom. The summed E-state index contributed by atoms with van der Waals surface area (Å²) in [6, 6.07) is 0. The van der Waals surface area contributed by atoms with Gasteiger partial charge in [0.15, 0.2) is 12.4 Å². The van der Waals surface area contributed by atoms with Crippen LogP contribution in [0.25, 0.3) is 0 Å². The lowest BCUT2D eigenvalue weighted by Gasteiger charge is -1.93. The number of hydrogen-bond donors (Lipinski definition) is 2. The molecule has 0 radical (unpaired) electrons. The SMILES string of the molecule is Nc1c[nH+]cc(Cl)c1N. The molecule has 1 heterocycles. The van der Waals surface area contributed by atoms with E-state index in [1.807, 2.05) is 0 Å². The summed E-state index contributed by atoms with van der Waals surface area (Å²) in [7, 11) is 0. The first-order valence-electron chi connectivity index (χ1n) is 2.42. The third-order valence-electron chi connectivity index (χ3n) is 1.02. The Bertz CT molecular complexity index is 203. The minimum absolute atomic E-state index is 0.426. The van der Waals surface area contributed by atoms with Gasteiger partial charge in [-0.15, -0.1) is 0 Å². The van der Waals surface area contributed by atoms with E-state index in [2.05, 4.69) is 4.98 Å². The molecule has 4 heteroatoms. The zero-order valence-corrected chi connectivity index (χ0v) is 5.44. The number of nitrogen functional groups attached to an aromatic ring is 2. The van der Waals surface area contributed by atoms with E-state index in [0.29, 0.717) is 16.4 Å². The lowest BCUT2D eigenvalue weighted by molar-refractivity contribution is -0.376. The third kappa shape index (κ3) is 1.05. The molecule has 5 N–H and O–H groups in total. The highest BCUT2D eigenvalue weighted by atomic mass is 35.5. The van der Waals surface area contributed by atoms with Crippen LogP contribution in [0.4, 0.5) is 11.4 Å². The standard InChI is InChI=1S/C5H6ClN3/c6-3-1-9-2-4(7)5(3)8/h1-2H,7H2,(H2,8,9)/p+1. The summed E-state index contributed by atoms with van der Waals surface area (Å²) >= 11 is 5.58. The summed E-state index contributed by atoms with van der Waals surface area (Å²) in [4.78, 5) is 2.73. The Balaban J connectivity index is 3.25. The predicted molar refractivity (Wildman–Crippen MR) is 36.8 cm³/mol. The lowest BCUT2D eigenvalue weighted by atomic mass is 10.4. The van der Waals surface area contributed by atoms with Gasteiger partial charge in [-0.25, -0.2) is 4.98 Å². The molecule has 0 saturated carbocycles. The van der Waals surface area contributed by atoms with E-state index >= 15 is 0 Å². The Hall–Kier alpha value is -0.960. The summed E-state index contributed by atoms with van der Waals surface area (Å²) in [6.07, 6.45) is 3.16. The molecular formula is C5H7ClN3+. The first-order valence-corrected chi connectivity index (χ1v) is 2.80. The van der Waals surface area contributed by atoms with Crippen LogP contribution in [-0.4, -0.2) is 0 Å². The van der Waals surface area contributed by atoms with Gasteiger partial charge in [-0.1, -0.05) is 11.6 Å². The number of rotatable bonds is 0. The third-order valence-corrected chi connectivity index (χ3v) is 1.33. The highest BCUT2D eigenvalue weighted by molar-refractivity contribution is 6.33. The van der Waals surface area contributed by atoms with Gasteiger partial charge in [0.1, 0.15) is 10.7 Å². The van der Waals surface area contributed by atoms with Crippen LogP contribution in [0.1, 0.15) is 0 Å². The Morgan fingerprint density at radius 3 is 2.44 bits per heavy atom. The minimum Gasteiger partial charge on any atom is -0.395 e. The zero-order valence-electron chi connectivity index (χ0n) is 4.69. The van der Waals surface area contributed by atoms with E-state index in [9.17, 15) is 0 Å². The van der Waals surface area contributed by atoms with Crippen LogP contribution in [0.3, 0.4) is 0 Å². The maximum atomic E-state index is 5.58. The van der Waals surface area contributed by atoms with Crippen molar-refractivity contribution < 1.29 is 4.98 Å². The van der Waals surface area contributed by atoms with Gasteiger partial charge in [-0.3, -0.25) is 0 Å². The van der Waals surface area contributed by atoms with Crippen molar-refractivity contribution >= 4 is 23.0 Å². The van der Waals surface area contributed by atoms with Gasteiger partial charge in [0.25, 0.3) is 0 Å². The lowest BCUT2D eigenvalue weighted by Crippen LogP contribution is -2.05. The molecular weight excluding hydrogens is 138 g/mol. The monoisotopic (exact) mass is 144 g/mol. The van der Waals surface area contributed by atoms with Crippen molar-refractivity contribution in [2.75, 3.05) is 11.5 Å². The second-order valence-corrected chi connectivity index (χ2v) is 2.08. The fourth-order valence-electron chi connectivity index (χ4n) is 0.498. The molecule has 0 aromatic carbocycles. The molecule has 48 valence electrons. The maximum absolute atomic E-state index is 5.58. The summed E-state index contributed by atoms with van der Waals surface area (Å²) in [5.74, 6) is 0. The van der Waals surface area contributed by atoms with Crippen molar-refractivity contribution in [1.29, 1.82) is 0 Å². The van der Waals surface area contributed by atoms with Crippen LogP contribution in [0.5, 0.6) is 0 Å². The number of H-pyrrole nitrogens is 1. The summed E-state index contributed by atoms with van der Waals surface area (Å²) < 4.78 is 0. The number of hydrogen-bond acceptors (Lipinski definition) is 2. The molecule has 0 atom stereocenters. The molecule has 0 saturated heterocycles. The Kier molecular flexibility index (Phi) is 1.44. The van der Waals surface area contributed by atoms with E-state index in [0.717, 1.165) is 0 Å². The van der Waals surface area contributed by atoms with Crippen LogP contribution < -0.4 is 16.5 Å². The van der Waals surface area contributed by atoms with Gasteiger partial charge in [0, 0.05) is 0 Å². The van der Waals surface area contributed by atoms with Crippen LogP contribution in [0.2, 0.25) is 5.02 Å². The van der Waals surface area contributed by atoms with Gasteiger partial charge in [-0.05, 0) is 0 Å². The largest absolute Gasteiger partial charge is 0.395 e. The summed E-state index contributed by atoms with van der Waals surface area (Å²) in [5.41, 5.74) is 11.7. The number of aromatic amines is 1. The normalized spacial score (nSPS) is 9.44. The molecule has 0 bridgehead atoms. The molecule has 0 fully saturated rings. The molecule has 1 aromatic heterocycles. The number of nitrogens with one attached hydrogen (secondary N) is 1. The Morgan fingerprint density at radius 1 is 1.33 bits per heavy atom. The molecule has 0 aliphatic heterocycles. The fraction of sp³-hybridized carbons (Fsp3) is 0. The van der Waals surface area contributed by atoms with E-state index in [1.165, 1.54) is 0 Å². The van der Waals surface area contributed by atoms with Crippen molar-refractivity contribution in [1.82, 2.24) is 0 Å². The quantitative estimate of drug-likeness (QED) is 0.551. The molecule has 0 spiro atoms. The first-order chi connectivity index (χ1) is 4.22. The number of aromatic nitrogens is 1. The highest BCUT2D eigenvalue weighted by Gasteiger charge is 2.01. The first kappa shape index (κ1) is 6.16. The topological polar surface area (TPSA) is 66.2 Å². The molecule has 0 aliphatic rings. The molecule has 0 unspecified atom stereocenters. The molecule has 9 heavy (non-hydrogen) atoms. The van der Waals surface area contributed by atoms with E-state index < -0.39 is 0 Å². The maximum Gasteiger partial charge on any atom is 0.192 e. The zero-order chi connectivity index (χ0) is 6.85. The highest BCUT2D eigenvalue weighted by Crippen LogP contribution is 2.20. The van der Waals surface area contributed by atoms with Crippen molar-refractivity contribution in [3.05, 3.63) is 17.4 Å². The van der Waals surface area contributed by atoms with E-state index in [1.54, 1.807) is 12.4 Å². The molecule has 1 rings (SSSR count). The molecule has 3 nitrogen and oxygen atoms in total. The van der Waals surface area contributed by atoms with Gasteiger partial charge >= 0.3 is 0 Å². The van der Waals surface area contributed by atoms with Crippen LogP contribution in [-0.2, 0) is 0 Å². The van der Waals surface area contributed by atoms with E-state index in [4.69, 9.17) is 23.1 Å². The summed E-state index contributed by atoms with van der Waals surface area (Å²) in [5, 5.41) is 0.454. The number of pyridine rings is 1. The van der Waals surface area contributed by atoms with Crippen molar-refractivity contribution in [2.45, 2.75) is 0 Å². The van der Waals surface area contributed by atoms with Gasteiger partial charge in [0.2, 0.25) is 0 Å². The van der Waals surface area contributed by atoms with Crippen LogP contribution >= 0.6 is 11.6 Å². The van der Waals surface area contributed by atoms with Crippen LogP contribution in [0, 0.1) is 0 Å². The fourth-order valence-corrected chi connectivity index (χ4v) is 0.670. The molecule has 0 amide bonds. The molecule has 1 aromatic rings. The predicted octanol–water partition coefficient (Wildman–Crippen LogP) is 0.318. The number of nitrogens with two attached hydrogens (primary N) is 2. The Labute approximate surface area is 57.6 Å². The smallest absolute Gasteiger partial charge is 0.192 e. The van der Waals surface area contributed by atoms with Crippen molar-refractivity contribution in [2.24, 2.45) is 0 Å². The van der Waals surface area contributed by atoms with Gasteiger partial charge in [-0.2, -0.15) is 0 Å². The minimum atomic E-state index is 0.426. The average Bonchev–Trinajstić information content (AvgIpc) is 1.83. The second kappa shape index (κ2) is 2.11. The number of halogens is 1. The average molecular weight is 145 g/mol. The van der Waals surface area contributed by atoms with Crippen molar-refractivity contribution in [3.8, 4) is 0 Å². The summed E-state index contributed by atoms with van der Waals surface area (Å²) in [6.45, 7) is 0. The van der Waals surface area contributed by atoms with Crippen molar-refractivity contribution in [3.63, 3.8) is 0 Å².